The Bertz CT molecular complexity index is 1100. The first-order chi connectivity index (χ1) is 15.8. The average molecular weight is 449 g/mol. The third kappa shape index (κ3) is 3.89. The average Bonchev–Trinajstić information content (AvgIpc) is 3.58. The quantitative estimate of drug-likeness (QED) is 0.465. The van der Waals surface area contributed by atoms with Gasteiger partial charge >= 0.3 is 0 Å². The van der Waals surface area contributed by atoms with Crippen molar-refractivity contribution in [3.8, 4) is 23.0 Å². The molecule has 0 bridgehead atoms. The molecule has 0 saturated carbocycles. The van der Waals surface area contributed by atoms with Crippen LogP contribution < -0.4 is 18.9 Å². The third-order valence-electron chi connectivity index (χ3n) is 6.30. The second kappa shape index (κ2) is 8.60. The van der Waals surface area contributed by atoms with Crippen molar-refractivity contribution in [2.24, 2.45) is 11.8 Å². The van der Waals surface area contributed by atoms with E-state index in [0.717, 1.165) is 42.6 Å². The molecule has 164 valence electrons. The molecule has 0 aromatic heterocycles. The standard InChI is InChI=1S/C26H24O5S/c1-2-4-20(5-3-1)32-26(18-7-9-23-25(12-18)31-16-29-23)21-14-27-13-19(21)10-17-6-8-22-24(11-17)30-15-28-22/h1-9,11-12,19,21,26H,10,13-16H2/t19-,21-,26?/m1/s1. The highest BCUT2D eigenvalue weighted by atomic mass is 32.2. The van der Waals surface area contributed by atoms with Gasteiger partial charge in [0.1, 0.15) is 0 Å². The van der Waals surface area contributed by atoms with E-state index in [4.69, 9.17) is 23.7 Å². The lowest BCUT2D eigenvalue weighted by Gasteiger charge is -2.28. The van der Waals surface area contributed by atoms with Crippen molar-refractivity contribution in [3.05, 3.63) is 77.9 Å². The third-order valence-corrected chi connectivity index (χ3v) is 7.72. The molecule has 0 radical (unpaired) electrons. The second-order valence-electron chi connectivity index (χ2n) is 8.32. The summed E-state index contributed by atoms with van der Waals surface area (Å²) in [6.45, 7) is 2.09. The van der Waals surface area contributed by atoms with Crippen molar-refractivity contribution in [1.82, 2.24) is 0 Å². The lowest BCUT2D eigenvalue weighted by atomic mass is 9.85. The summed E-state index contributed by atoms with van der Waals surface area (Å²) in [5, 5.41) is 0.244. The Morgan fingerprint density at radius 2 is 1.47 bits per heavy atom. The molecule has 3 atom stereocenters. The molecule has 0 amide bonds. The van der Waals surface area contributed by atoms with Gasteiger partial charge in [-0.3, -0.25) is 0 Å². The maximum atomic E-state index is 6.04. The van der Waals surface area contributed by atoms with Crippen molar-refractivity contribution in [1.29, 1.82) is 0 Å². The SMILES string of the molecule is c1ccc(SC(c2ccc3c(c2)OCO3)[C@@H]2COC[C@H]2Cc2ccc3c(c2)OCO3)cc1. The van der Waals surface area contributed by atoms with E-state index in [-0.39, 0.29) is 12.0 Å². The van der Waals surface area contributed by atoms with Crippen LogP contribution in [0.25, 0.3) is 0 Å². The van der Waals surface area contributed by atoms with Crippen molar-refractivity contribution < 1.29 is 23.7 Å². The number of benzene rings is 3. The molecule has 1 unspecified atom stereocenters. The minimum absolute atomic E-state index is 0.244. The van der Waals surface area contributed by atoms with Crippen molar-refractivity contribution in [2.75, 3.05) is 26.8 Å². The van der Waals surface area contributed by atoms with Crippen LogP contribution in [0.2, 0.25) is 0 Å². The van der Waals surface area contributed by atoms with Crippen LogP contribution in [0.3, 0.4) is 0 Å². The van der Waals surface area contributed by atoms with Crippen LogP contribution in [0, 0.1) is 11.8 Å². The number of hydrogen-bond donors (Lipinski definition) is 0. The Labute approximate surface area is 191 Å². The van der Waals surface area contributed by atoms with E-state index in [1.54, 1.807) is 0 Å². The molecule has 6 rings (SSSR count). The minimum Gasteiger partial charge on any atom is -0.454 e. The molecular formula is C26H24O5S. The zero-order valence-electron chi connectivity index (χ0n) is 17.6. The Hall–Kier alpha value is -2.83. The maximum absolute atomic E-state index is 6.04. The Balaban J connectivity index is 1.30. The Kier molecular flexibility index (Phi) is 5.33. The van der Waals surface area contributed by atoms with E-state index in [9.17, 15) is 0 Å². The first kappa shape index (κ1) is 19.8. The fraction of sp³-hybridized carbons (Fsp3) is 0.308. The predicted octanol–water partition coefficient (Wildman–Crippen LogP) is 5.48. The van der Waals surface area contributed by atoms with E-state index >= 15 is 0 Å². The van der Waals surface area contributed by atoms with Gasteiger partial charge in [0, 0.05) is 16.1 Å². The van der Waals surface area contributed by atoms with Crippen LogP contribution in [0.15, 0.2) is 71.6 Å². The minimum atomic E-state index is 0.244. The van der Waals surface area contributed by atoms with Crippen LogP contribution in [0.1, 0.15) is 16.4 Å². The van der Waals surface area contributed by atoms with Gasteiger partial charge in [-0.05, 0) is 59.9 Å². The van der Waals surface area contributed by atoms with E-state index in [1.807, 2.05) is 23.9 Å². The monoisotopic (exact) mass is 448 g/mol. The van der Waals surface area contributed by atoms with Gasteiger partial charge in [-0.1, -0.05) is 30.3 Å². The molecule has 0 N–H and O–H groups in total. The molecule has 6 heteroatoms. The number of thioether (sulfide) groups is 1. The van der Waals surface area contributed by atoms with E-state index in [1.165, 1.54) is 16.0 Å². The fourth-order valence-corrected chi connectivity index (χ4v) is 6.03. The molecule has 3 aliphatic rings. The van der Waals surface area contributed by atoms with Gasteiger partial charge in [-0.15, -0.1) is 11.8 Å². The van der Waals surface area contributed by atoms with E-state index < -0.39 is 0 Å². The molecule has 1 fully saturated rings. The summed E-state index contributed by atoms with van der Waals surface area (Å²) >= 11 is 1.90. The molecule has 3 aromatic carbocycles. The second-order valence-corrected chi connectivity index (χ2v) is 9.53. The Morgan fingerprint density at radius 1 is 0.750 bits per heavy atom. The summed E-state index contributed by atoms with van der Waals surface area (Å²) in [6.07, 6.45) is 0.942. The molecular weight excluding hydrogens is 424 g/mol. The summed E-state index contributed by atoms with van der Waals surface area (Å²) in [5.74, 6) is 4.08. The highest BCUT2D eigenvalue weighted by Gasteiger charge is 2.37. The molecule has 32 heavy (non-hydrogen) atoms. The highest BCUT2D eigenvalue weighted by Crippen LogP contribution is 2.48. The van der Waals surface area contributed by atoms with E-state index in [0.29, 0.717) is 18.6 Å². The summed E-state index contributed by atoms with van der Waals surface area (Å²) in [5.41, 5.74) is 2.50. The topological polar surface area (TPSA) is 46.2 Å². The lowest BCUT2D eigenvalue weighted by Crippen LogP contribution is -2.21. The zero-order chi connectivity index (χ0) is 21.3. The van der Waals surface area contributed by atoms with Crippen molar-refractivity contribution in [3.63, 3.8) is 0 Å². The number of fused-ring (bicyclic) bond motifs is 2. The first-order valence-corrected chi connectivity index (χ1v) is 11.8. The molecule has 3 heterocycles. The summed E-state index contributed by atoms with van der Waals surface area (Å²) in [4.78, 5) is 1.25. The smallest absolute Gasteiger partial charge is 0.231 e. The largest absolute Gasteiger partial charge is 0.454 e. The van der Waals surface area contributed by atoms with Crippen molar-refractivity contribution in [2.45, 2.75) is 16.6 Å². The summed E-state index contributed by atoms with van der Waals surface area (Å²) < 4.78 is 28.3. The number of rotatable bonds is 6. The predicted molar refractivity (Wildman–Crippen MR) is 122 cm³/mol. The van der Waals surface area contributed by atoms with Crippen LogP contribution >= 0.6 is 11.8 Å². The fourth-order valence-electron chi connectivity index (χ4n) is 4.67. The van der Waals surface area contributed by atoms with Gasteiger partial charge in [-0.2, -0.15) is 0 Å². The van der Waals surface area contributed by atoms with Gasteiger partial charge in [0.15, 0.2) is 23.0 Å². The first-order valence-electron chi connectivity index (χ1n) is 10.9. The molecule has 0 spiro atoms. The summed E-state index contributed by atoms with van der Waals surface area (Å²) in [7, 11) is 0. The van der Waals surface area contributed by atoms with Crippen molar-refractivity contribution >= 4 is 11.8 Å². The summed E-state index contributed by atoms with van der Waals surface area (Å²) in [6, 6.07) is 23.2. The number of ether oxygens (including phenoxy) is 5. The molecule has 5 nitrogen and oxygen atoms in total. The lowest BCUT2D eigenvalue weighted by molar-refractivity contribution is 0.173. The van der Waals surface area contributed by atoms with Gasteiger partial charge in [-0.25, -0.2) is 0 Å². The van der Waals surface area contributed by atoms with Gasteiger partial charge in [0.05, 0.1) is 13.2 Å². The van der Waals surface area contributed by atoms with Gasteiger partial charge in [0.2, 0.25) is 13.6 Å². The van der Waals surface area contributed by atoms with Gasteiger partial charge in [0.25, 0.3) is 0 Å². The number of hydrogen-bond acceptors (Lipinski definition) is 6. The molecule has 3 aliphatic heterocycles. The normalized spacial score (nSPS) is 21.6. The van der Waals surface area contributed by atoms with E-state index in [2.05, 4.69) is 54.6 Å². The van der Waals surface area contributed by atoms with Crippen LogP contribution in [0.4, 0.5) is 0 Å². The molecule has 0 aliphatic carbocycles. The zero-order valence-corrected chi connectivity index (χ0v) is 18.4. The van der Waals surface area contributed by atoms with Gasteiger partial charge < -0.3 is 23.7 Å². The van der Waals surface area contributed by atoms with Crippen LogP contribution in [0.5, 0.6) is 23.0 Å². The van der Waals surface area contributed by atoms with Crippen LogP contribution in [-0.4, -0.2) is 26.8 Å². The highest BCUT2D eigenvalue weighted by molar-refractivity contribution is 7.99. The van der Waals surface area contributed by atoms with Crippen LogP contribution in [-0.2, 0) is 11.2 Å². The Morgan fingerprint density at radius 3 is 2.28 bits per heavy atom. The molecule has 1 saturated heterocycles. The maximum Gasteiger partial charge on any atom is 0.231 e. The molecule has 3 aromatic rings.